The normalized spacial score (nSPS) is 32.0. The molecule has 0 bridgehead atoms. The summed E-state index contributed by atoms with van der Waals surface area (Å²) in [6.45, 7) is 4.85. The SMILES string of the molecule is CC1CCc2cc(N3CCC4CCCCC4C3)ccc2N1. The molecule has 2 fully saturated rings. The van der Waals surface area contributed by atoms with Crippen molar-refractivity contribution in [3.05, 3.63) is 23.8 Å². The van der Waals surface area contributed by atoms with Gasteiger partial charge in [-0.2, -0.15) is 0 Å². The average Bonchev–Trinajstić information content (AvgIpc) is 2.54. The Balaban J connectivity index is 1.51. The van der Waals surface area contributed by atoms with E-state index in [1.54, 1.807) is 0 Å². The lowest BCUT2D eigenvalue weighted by molar-refractivity contribution is 0.202. The van der Waals surface area contributed by atoms with E-state index in [0.717, 1.165) is 11.8 Å². The predicted octanol–water partition coefficient (Wildman–Crippen LogP) is 4.45. The Morgan fingerprint density at radius 3 is 2.81 bits per heavy atom. The first kappa shape index (κ1) is 13.5. The summed E-state index contributed by atoms with van der Waals surface area (Å²) in [7, 11) is 0. The van der Waals surface area contributed by atoms with Gasteiger partial charge in [-0.05, 0) is 68.2 Å². The molecule has 0 radical (unpaired) electrons. The van der Waals surface area contributed by atoms with Gasteiger partial charge < -0.3 is 10.2 Å². The molecule has 1 aromatic rings. The molecule has 4 rings (SSSR count). The van der Waals surface area contributed by atoms with Gasteiger partial charge in [-0.25, -0.2) is 0 Å². The molecule has 0 spiro atoms. The van der Waals surface area contributed by atoms with Crippen molar-refractivity contribution in [3.8, 4) is 0 Å². The summed E-state index contributed by atoms with van der Waals surface area (Å²) in [6.07, 6.45) is 9.80. The van der Waals surface area contributed by atoms with Gasteiger partial charge in [0.05, 0.1) is 0 Å². The van der Waals surface area contributed by atoms with Gasteiger partial charge in [0.1, 0.15) is 0 Å². The van der Waals surface area contributed by atoms with Gasteiger partial charge in [-0.15, -0.1) is 0 Å². The van der Waals surface area contributed by atoms with E-state index in [2.05, 4.69) is 35.3 Å². The highest BCUT2D eigenvalue weighted by Gasteiger charge is 2.31. The summed E-state index contributed by atoms with van der Waals surface area (Å²) in [6, 6.07) is 7.74. The molecule has 2 heteroatoms. The number of rotatable bonds is 1. The molecule has 21 heavy (non-hydrogen) atoms. The van der Waals surface area contributed by atoms with Crippen LogP contribution in [0.25, 0.3) is 0 Å². The Bertz CT molecular complexity index is 510. The summed E-state index contributed by atoms with van der Waals surface area (Å²) in [5, 5.41) is 3.62. The number of benzene rings is 1. The van der Waals surface area contributed by atoms with Crippen LogP contribution < -0.4 is 10.2 Å². The van der Waals surface area contributed by atoms with E-state index in [4.69, 9.17) is 0 Å². The van der Waals surface area contributed by atoms with E-state index in [0.29, 0.717) is 6.04 Å². The third-order valence-corrected chi connectivity index (χ3v) is 5.99. The minimum atomic E-state index is 0.626. The minimum absolute atomic E-state index is 0.626. The Kier molecular flexibility index (Phi) is 3.56. The molecule has 1 saturated heterocycles. The van der Waals surface area contributed by atoms with Crippen molar-refractivity contribution in [1.29, 1.82) is 0 Å². The lowest BCUT2D eigenvalue weighted by Gasteiger charge is -2.42. The summed E-state index contributed by atoms with van der Waals surface area (Å²) >= 11 is 0. The van der Waals surface area contributed by atoms with Crippen LogP contribution in [0.15, 0.2) is 18.2 Å². The average molecular weight is 284 g/mol. The maximum Gasteiger partial charge on any atom is 0.0376 e. The summed E-state index contributed by atoms with van der Waals surface area (Å²) in [5.74, 6) is 1.98. The Labute approximate surface area is 128 Å². The van der Waals surface area contributed by atoms with Crippen LogP contribution >= 0.6 is 0 Å². The van der Waals surface area contributed by atoms with Crippen LogP contribution in [0.5, 0.6) is 0 Å². The van der Waals surface area contributed by atoms with Crippen LogP contribution in [-0.2, 0) is 6.42 Å². The van der Waals surface area contributed by atoms with Gasteiger partial charge in [-0.3, -0.25) is 0 Å². The van der Waals surface area contributed by atoms with Gasteiger partial charge in [0.25, 0.3) is 0 Å². The number of piperidine rings is 1. The van der Waals surface area contributed by atoms with E-state index >= 15 is 0 Å². The van der Waals surface area contributed by atoms with Crippen LogP contribution in [0.3, 0.4) is 0 Å². The van der Waals surface area contributed by atoms with Gasteiger partial charge in [0, 0.05) is 30.5 Å². The number of hydrogen-bond acceptors (Lipinski definition) is 2. The summed E-state index contributed by atoms with van der Waals surface area (Å²) < 4.78 is 0. The van der Waals surface area contributed by atoms with Gasteiger partial charge in [0.2, 0.25) is 0 Å². The molecule has 3 atom stereocenters. The molecule has 2 heterocycles. The third-order valence-electron chi connectivity index (χ3n) is 5.99. The first-order valence-corrected chi connectivity index (χ1v) is 8.94. The fraction of sp³-hybridized carbons (Fsp3) is 0.684. The van der Waals surface area contributed by atoms with Crippen LogP contribution in [0.4, 0.5) is 11.4 Å². The summed E-state index contributed by atoms with van der Waals surface area (Å²) in [5.41, 5.74) is 4.36. The first-order valence-electron chi connectivity index (χ1n) is 8.94. The number of fused-ring (bicyclic) bond motifs is 2. The molecule has 0 aromatic heterocycles. The maximum atomic E-state index is 3.62. The molecular weight excluding hydrogens is 256 g/mol. The van der Waals surface area contributed by atoms with Crippen LogP contribution in [0, 0.1) is 11.8 Å². The zero-order valence-electron chi connectivity index (χ0n) is 13.3. The molecule has 0 amide bonds. The standard InChI is InChI=1S/C19H28N2/c1-14-6-7-16-12-18(8-9-19(16)20-14)21-11-10-15-4-2-3-5-17(15)13-21/h8-9,12,14-15,17,20H,2-7,10-11,13H2,1H3. The lowest BCUT2D eigenvalue weighted by atomic mass is 9.75. The van der Waals surface area contributed by atoms with Crippen LogP contribution in [0.1, 0.15) is 51.0 Å². The molecule has 3 aliphatic rings. The van der Waals surface area contributed by atoms with Crippen molar-refractivity contribution < 1.29 is 0 Å². The van der Waals surface area contributed by atoms with E-state index in [1.165, 1.54) is 75.0 Å². The highest BCUT2D eigenvalue weighted by Crippen LogP contribution is 2.38. The molecule has 1 saturated carbocycles. The van der Waals surface area contributed by atoms with E-state index in [9.17, 15) is 0 Å². The number of hydrogen-bond donors (Lipinski definition) is 1. The van der Waals surface area contributed by atoms with Crippen LogP contribution in [-0.4, -0.2) is 19.1 Å². The zero-order valence-corrected chi connectivity index (χ0v) is 13.3. The number of nitrogens with one attached hydrogen (secondary N) is 1. The first-order chi connectivity index (χ1) is 10.3. The fourth-order valence-corrected chi connectivity index (χ4v) is 4.67. The predicted molar refractivity (Wildman–Crippen MR) is 90.1 cm³/mol. The quantitative estimate of drug-likeness (QED) is 0.819. The van der Waals surface area contributed by atoms with Crippen molar-refractivity contribution in [2.24, 2.45) is 11.8 Å². The summed E-state index contributed by atoms with van der Waals surface area (Å²) in [4.78, 5) is 2.66. The number of nitrogens with zero attached hydrogens (tertiary/aromatic N) is 1. The Hall–Kier alpha value is -1.18. The molecule has 1 aliphatic carbocycles. The maximum absolute atomic E-state index is 3.62. The number of aryl methyl sites for hydroxylation is 1. The molecular formula is C19H28N2. The molecule has 1 aromatic carbocycles. The zero-order chi connectivity index (χ0) is 14.2. The second-order valence-corrected chi connectivity index (χ2v) is 7.46. The highest BCUT2D eigenvalue weighted by molar-refractivity contribution is 5.62. The number of anilines is 2. The molecule has 3 unspecified atom stereocenters. The smallest absolute Gasteiger partial charge is 0.0376 e. The second-order valence-electron chi connectivity index (χ2n) is 7.46. The molecule has 2 aliphatic heterocycles. The van der Waals surface area contributed by atoms with E-state index in [1.807, 2.05) is 0 Å². The van der Waals surface area contributed by atoms with Gasteiger partial charge in [0.15, 0.2) is 0 Å². The lowest BCUT2D eigenvalue weighted by Crippen LogP contribution is -2.41. The second kappa shape index (κ2) is 5.55. The van der Waals surface area contributed by atoms with Crippen molar-refractivity contribution >= 4 is 11.4 Å². The van der Waals surface area contributed by atoms with E-state index in [-0.39, 0.29) is 0 Å². The van der Waals surface area contributed by atoms with Crippen molar-refractivity contribution in [2.45, 2.75) is 57.9 Å². The van der Waals surface area contributed by atoms with Gasteiger partial charge in [-0.1, -0.05) is 19.3 Å². The Morgan fingerprint density at radius 2 is 1.90 bits per heavy atom. The molecule has 1 N–H and O–H groups in total. The van der Waals surface area contributed by atoms with Crippen molar-refractivity contribution in [1.82, 2.24) is 0 Å². The Morgan fingerprint density at radius 1 is 1.05 bits per heavy atom. The van der Waals surface area contributed by atoms with E-state index < -0.39 is 0 Å². The largest absolute Gasteiger partial charge is 0.382 e. The third kappa shape index (κ3) is 2.65. The fourth-order valence-electron chi connectivity index (χ4n) is 4.67. The minimum Gasteiger partial charge on any atom is -0.382 e. The molecule has 114 valence electrons. The highest BCUT2D eigenvalue weighted by atomic mass is 15.1. The van der Waals surface area contributed by atoms with Crippen molar-refractivity contribution in [3.63, 3.8) is 0 Å². The topological polar surface area (TPSA) is 15.3 Å². The van der Waals surface area contributed by atoms with Gasteiger partial charge >= 0.3 is 0 Å². The van der Waals surface area contributed by atoms with Crippen molar-refractivity contribution in [2.75, 3.05) is 23.3 Å². The molecule has 2 nitrogen and oxygen atoms in total. The monoisotopic (exact) mass is 284 g/mol. The van der Waals surface area contributed by atoms with Crippen LogP contribution in [0.2, 0.25) is 0 Å².